The van der Waals surface area contributed by atoms with Crippen molar-refractivity contribution in [3.8, 4) is 5.75 Å². The summed E-state index contributed by atoms with van der Waals surface area (Å²) >= 11 is 0. The Bertz CT molecular complexity index is 502. The molecule has 0 bridgehead atoms. The molecule has 2 heteroatoms. The van der Waals surface area contributed by atoms with Crippen LogP contribution in [0, 0.1) is 0 Å². The number of rotatable bonds is 4. The van der Waals surface area contributed by atoms with Gasteiger partial charge in [-0.25, -0.2) is 0 Å². The van der Waals surface area contributed by atoms with Crippen LogP contribution in [0.5, 0.6) is 5.75 Å². The smallest absolute Gasteiger partial charge is 0.128 e. The molecule has 0 aliphatic carbocycles. The largest absolute Gasteiger partial charge is 0.507 e. The molecule has 0 saturated heterocycles. The van der Waals surface area contributed by atoms with Crippen LogP contribution in [0.4, 0.5) is 0 Å². The number of hydrogen-bond donors (Lipinski definition) is 1. The molecule has 1 aromatic carbocycles. The van der Waals surface area contributed by atoms with Gasteiger partial charge in [0.1, 0.15) is 5.75 Å². The standard InChI is InChI=1S/C19H31NO/c1-8-9-10-20-13-14-11-15(18(2,3)4)12-16(17(14)21)19(5,6)7/h11-13,21H,8-10H2,1-7H3/b20-13+. The van der Waals surface area contributed by atoms with Crippen LogP contribution in [-0.2, 0) is 10.8 Å². The van der Waals surface area contributed by atoms with Gasteiger partial charge in [0.25, 0.3) is 0 Å². The van der Waals surface area contributed by atoms with E-state index in [9.17, 15) is 5.11 Å². The topological polar surface area (TPSA) is 32.6 Å². The quantitative estimate of drug-likeness (QED) is 0.599. The zero-order valence-electron chi connectivity index (χ0n) is 14.7. The van der Waals surface area contributed by atoms with Gasteiger partial charge in [-0.15, -0.1) is 0 Å². The van der Waals surface area contributed by atoms with Gasteiger partial charge >= 0.3 is 0 Å². The summed E-state index contributed by atoms with van der Waals surface area (Å²) in [5.41, 5.74) is 3.04. The minimum atomic E-state index is -0.0860. The molecular formula is C19H31NO. The first-order valence-electron chi connectivity index (χ1n) is 7.95. The van der Waals surface area contributed by atoms with Gasteiger partial charge in [0.2, 0.25) is 0 Å². The van der Waals surface area contributed by atoms with E-state index in [-0.39, 0.29) is 10.8 Å². The minimum absolute atomic E-state index is 0.0553. The molecule has 0 aromatic heterocycles. The first kappa shape index (κ1) is 17.7. The molecule has 21 heavy (non-hydrogen) atoms. The highest BCUT2D eigenvalue weighted by molar-refractivity contribution is 5.85. The van der Waals surface area contributed by atoms with Crippen molar-refractivity contribution >= 4 is 6.21 Å². The highest BCUT2D eigenvalue weighted by Gasteiger charge is 2.24. The molecule has 0 aliphatic rings. The summed E-state index contributed by atoms with van der Waals surface area (Å²) in [5, 5.41) is 10.6. The van der Waals surface area contributed by atoms with Crippen molar-refractivity contribution in [2.45, 2.75) is 72.1 Å². The second-order valence-corrected chi connectivity index (χ2v) is 7.85. The van der Waals surface area contributed by atoms with Gasteiger partial charge in [-0.05, 0) is 28.9 Å². The van der Waals surface area contributed by atoms with Crippen LogP contribution in [0.1, 0.15) is 78.0 Å². The van der Waals surface area contributed by atoms with Crippen molar-refractivity contribution in [1.29, 1.82) is 0 Å². The molecule has 2 nitrogen and oxygen atoms in total. The Morgan fingerprint density at radius 1 is 1.05 bits per heavy atom. The Morgan fingerprint density at radius 2 is 1.67 bits per heavy atom. The monoisotopic (exact) mass is 289 g/mol. The summed E-state index contributed by atoms with van der Waals surface area (Å²) in [6.07, 6.45) is 4.05. The highest BCUT2D eigenvalue weighted by atomic mass is 16.3. The number of nitrogens with zero attached hydrogens (tertiary/aromatic N) is 1. The summed E-state index contributed by atoms with van der Waals surface area (Å²) in [6.45, 7) is 16.0. The molecule has 118 valence electrons. The van der Waals surface area contributed by atoms with Crippen molar-refractivity contribution in [3.05, 3.63) is 28.8 Å². The van der Waals surface area contributed by atoms with Gasteiger partial charge in [-0.3, -0.25) is 4.99 Å². The lowest BCUT2D eigenvalue weighted by atomic mass is 9.79. The minimum Gasteiger partial charge on any atom is -0.507 e. The summed E-state index contributed by atoms with van der Waals surface area (Å²) in [4.78, 5) is 4.45. The number of hydrogen-bond acceptors (Lipinski definition) is 2. The molecule has 1 aromatic rings. The number of phenolic OH excluding ortho intramolecular Hbond substituents is 1. The van der Waals surface area contributed by atoms with Gasteiger partial charge in [0.15, 0.2) is 0 Å². The van der Waals surface area contributed by atoms with Crippen LogP contribution in [0.3, 0.4) is 0 Å². The SMILES string of the molecule is CCCC/N=C/c1cc(C(C)(C)C)cc(C(C)(C)C)c1O. The molecule has 0 atom stereocenters. The van der Waals surface area contributed by atoms with Gasteiger partial charge < -0.3 is 5.11 Å². The fraction of sp³-hybridized carbons (Fsp3) is 0.632. The predicted octanol–water partition coefficient (Wildman–Crippen LogP) is 5.21. The normalized spacial score (nSPS) is 13.1. The molecule has 0 amide bonds. The summed E-state index contributed by atoms with van der Waals surface area (Å²) in [5.74, 6) is 0.371. The maximum atomic E-state index is 10.6. The zero-order chi connectivity index (χ0) is 16.3. The third-order valence-electron chi connectivity index (χ3n) is 3.68. The van der Waals surface area contributed by atoms with E-state index in [4.69, 9.17) is 0 Å². The Balaban J connectivity index is 3.32. The Morgan fingerprint density at radius 3 is 2.14 bits per heavy atom. The van der Waals surface area contributed by atoms with E-state index in [1.807, 2.05) is 6.21 Å². The Hall–Kier alpha value is -1.31. The van der Waals surface area contributed by atoms with Gasteiger partial charge in [0.05, 0.1) is 0 Å². The molecule has 0 spiro atoms. The maximum absolute atomic E-state index is 10.6. The third kappa shape index (κ3) is 4.87. The number of unbranched alkanes of at least 4 members (excludes halogenated alkanes) is 1. The molecule has 0 unspecified atom stereocenters. The van der Waals surface area contributed by atoms with E-state index in [1.54, 1.807) is 0 Å². The number of aliphatic imine (C=N–C) groups is 1. The number of phenols is 1. The van der Waals surface area contributed by atoms with Crippen LogP contribution >= 0.6 is 0 Å². The third-order valence-corrected chi connectivity index (χ3v) is 3.68. The number of benzene rings is 1. The van der Waals surface area contributed by atoms with Crippen molar-refractivity contribution in [2.75, 3.05) is 6.54 Å². The zero-order valence-corrected chi connectivity index (χ0v) is 14.7. The predicted molar refractivity (Wildman–Crippen MR) is 92.9 cm³/mol. The fourth-order valence-corrected chi connectivity index (χ4v) is 2.17. The first-order valence-corrected chi connectivity index (χ1v) is 7.95. The molecular weight excluding hydrogens is 258 g/mol. The van der Waals surface area contributed by atoms with Gasteiger partial charge in [-0.1, -0.05) is 61.0 Å². The van der Waals surface area contributed by atoms with Crippen molar-refractivity contribution < 1.29 is 5.11 Å². The second-order valence-electron chi connectivity index (χ2n) is 7.85. The first-order chi connectivity index (χ1) is 9.57. The Kier molecular flexibility index (Phi) is 5.61. The lowest BCUT2D eigenvalue weighted by Gasteiger charge is -2.27. The van der Waals surface area contributed by atoms with Crippen LogP contribution in [0.15, 0.2) is 17.1 Å². The average molecular weight is 289 g/mol. The van der Waals surface area contributed by atoms with Crippen molar-refractivity contribution in [2.24, 2.45) is 4.99 Å². The van der Waals surface area contributed by atoms with Crippen LogP contribution < -0.4 is 0 Å². The van der Waals surface area contributed by atoms with E-state index in [0.29, 0.717) is 5.75 Å². The van der Waals surface area contributed by atoms with Gasteiger partial charge in [-0.2, -0.15) is 0 Å². The summed E-state index contributed by atoms with van der Waals surface area (Å²) < 4.78 is 0. The van der Waals surface area contributed by atoms with E-state index < -0.39 is 0 Å². The molecule has 0 saturated carbocycles. The lowest BCUT2D eigenvalue weighted by Crippen LogP contribution is -2.17. The highest BCUT2D eigenvalue weighted by Crippen LogP contribution is 2.37. The molecule has 1 rings (SSSR count). The van der Waals surface area contributed by atoms with Crippen molar-refractivity contribution in [1.82, 2.24) is 0 Å². The fourth-order valence-electron chi connectivity index (χ4n) is 2.17. The van der Waals surface area contributed by atoms with Crippen LogP contribution in [-0.4, -0.2) is 17.9 Å². The molecule has 0 aliphatic heterocycles. The van der Waals surface area contributed by atoms with E-state index in [2.05, 4.69) is 65.6 Å². The molecule has 1 N–H and O–H groups in total. The lowest BCUT2D eigenvalue weighted by molar-refractivity contribution is 0.444. The van der Waals surface area contributed by atoms with Crippen molar-refractivity contribution in [3.63, 3.8) is 0 Å². The van der Waals surface area contributed by atoms with E-state index in [0.717, 1.165) is 30.5 Å². The number of aromatic hydroxyl groups is 1. The molecule has 0 radical (unpaired) electrons. The van der Waals surface area contributed by atoms with Crippen LogP contribution in [0.2, 0.25) is 0 Å². The molecule has 0 heterocycles. The summed E-state index contributed by atoms with van der Waals surface area (Å²) in [7, 11) is 0. The average Bonchev–Trinajstić information content (AvgIpc) is 2.33. The maximum Gasteiger partial charge on any atom is 0.128 e. The second kappa shape index (κ2) is 6.64. The molecule has 0 fully saturated rings. The summed E-state index contributed by atoms with van der Waals surface area (Å²) in [6, 6.07) is 4.21. The van der Waals surface area contributed by atoms with E-state index in [1.165, 1.54) is 5.56 Å². The van der Waals surface area contributed by atoms with Crippen LogP contribution in [0.25, 0.3) is 0 Å². The van der Waals surface area contributed by atoms with E-state index >= 15 is 0 Å². The Labute approximate surface area is 130 Å². The van der Waals surface area contributed by atoms with Gasteiger partial charge in [0, 0.05) is 23.9 Å².